The number of hydrogen-bond donors (Lipinski definition) is 5. The van der Waals surface area contributed by atoms with Crippen molar-refractivity contribution in [2.75, 3.05) is 57.3 Å². The van der Waals surface area contributed by atoms with Crippen LogP contribution < -0.4 is 44.5 Å². The van der Waals surface area contributed by atoms with E-state index in [1.54, 1.807) is 95.8 Å². The molecule has 47 heteroatoms. The molecule has 7 saturated heterocycles. The minimum Gasteiger partial charge on any atom is -0.476 e. The number of carbonyl (C=O) groups excluding carboxylic acids is 1. The zero-order valence-corrected chi connectivity index (χ0v) is 77.0. The number of amides is 1. The Bertz CT molecular complexity index is 6510. The number of nitrogens with zero attached hydrogens (tertiary/aromatic N) is 10. The van der Waals surface area contributed by atoms with Gasteiger partial charge in [0.25, 0.3) is 0 Å². The van der Waals surface area contributed by atoms with Crippen LogP contribution in [0.4, 0.5) is 5.95 Å². The number of anilines is 1. The molecule has 10 unspecified atom stereocenters. The number of imidazole rings is 3. The average molecular weight is 1960 g/mol. The zero-order chi connectivity index (χ0) is 90.0. The number of aryl methyl sites for hydroxylation is 3. The molecule has 6 aromatic heterocycles. The largest absolute Gasteiger partial charge is 0.476 e. The van der Waals surface area contributed by atoms with Crippen molar-refractivity contribution in [1.82, 2.24) is 58.6 Å². The molecule has 0 radical (unpaired) electrons. The van der Waals surface area contributed by atoms with Gasteiger partial charge in [0.05, 0.1) is 77.7 Å². The summed E-state index contributed by atoms with van der Waals surface area (Å²) in [6.45, 7) is -1.57. The van der Waals surface area contributed by atoms with E-state index < -0.39 is 121 Å². The molecule has 0 spiro atoms. The Morgan fingerprint density at radius 1 is 0.535 bits per heavy atom. The van der Waals surface area contributed by atoms with E-state index >= 15 is 0 Å². The highest BCUT2D eigenvalue weighted by Gasteiger charge is 2.57. The number of fused-ring (bicyclic) bond motifs is 6. The van der Waals surface area contributed by atoms with Crippen molar-refractivity contribution < 1.29 is 102 Å². The van der Waals surface area contributed by atoms with E-state index in [9.17, 15) is 33.0 Å². The summed E-state index contributed by atoms with van der Waals surface area (Å²) >= 11 is 35.6. The van der Waals surface area contributed by atoms with Gasteiger partial charge in [0, 0.05) is 61.8 Å². The minimum absolute atomic E-state index is 0.0194. The van der Waals surface area contributed by atoms with Crippen molar-refractivity contribution in [3.63, 3.8) is 0 Å². The lowest BCUT2D eigenvalue weighted by Gasteiger charge is -2.36. The maximum absolute atomic E-state index is 12.7. The van der Waals surface area contributed by atoms with Gasteiger partial charge in [-0.1, -0.05) is 149 Å². The first-order valence-electron chi connectivity index (χ1n) is 40.5. The van der Waals surface area contributed by atoms with Crippen LogP contribution in [0.3, 0.4) is 0 Å². The molecular formula is C82H83Cl3N13O24P3S4. The molecule has 0 saturated carbocycles. The monoisotopic (exact) mass is 1960 g/mol. The topological polar surface area (TPSA) is 431 Å². The third-order valence-electron chi connectivity index (χ3n) is 21.3. The Hall–Kier alpha value is -8.91. The SMILES string of the molecule is CC(=O)Nc1nc(OCCc2ccc(C)cc2)c2ncn([C@@H]3O[C@@H]4COP(=S)(Oc5ccccc5Cl)OC4C3OC3CCCCO3)c2n1.Cc1ccc(CCOc2nc(=O)[nH]c3c2ncn3[C@@H]2O[C@@H]3COP(=S)(Oc4ccccc4Cl)OC3C2O)cc1.Cc1ccc(S(=O)(=O)CCOc2nc(=O)[nH]c3c2ncn3[C@@H]2O[C@@H]3COP(=S)(Oc4ccccc4Cl)OC3C2O)cc1. The number of halogens is 3. The van der Waals surface area contributed by atoms with Crippen molar-refractivity contribution in [3.8, 4) is 34.9 Å². The van der Waals surface area contributed by atoms with E-state index in [-0.39, 0.29) is 89.1 Å². The predicted octanol–water partition coefficient (Wildman–Crippen LogP) is 12.5. The molecule has 7 fully saturated rings. The standard InChI is InChI=1S/C32H35ClN5O8PS.C25H24ClN4O9PS2.C25H24ClN4O7PS/c1-19-10-12-21(13-11-19)14-16-41-30-26-29(36-32(37-30)35-20(2)39)38(18-34-26)31-28(44-25-9-5-6-15-40-25)27-24(43-31)17-42-47(48,46-27)45-23-8-4-3-7-22(23)33;1-14-6-8-15(9-7-14)42(33,34)11-10-35-23-19-22(28-25(32)29-23)30(13-27-19)24-20(31)21-18(37-24)12-36-40(41,39-21)38-17-5-3-2-4-16(17)26;1-14-6-8-15(9-7-14)10-11-33-23-19-22(28-25(32)29-23)30(13-27-19)24-20(31)21-18(35-24)12-34-38(39,37-21)36-17-5-3-2-4-16(17)26/h3-4,7-8,10-13,18,24-25,27-28,31H,5-6,9,14-17H2,1-2H3,(H,35,36,37,39);2-9,13,18,20-21,24,31H,10-12H2,1H3,(H,28,29,32);2-9,13,18,20-21,24,31H,10-12H2,1H3,(H,28,29,32)/t24-,25?,27?,28?,31-,47?;18-,20?,21?,24-,40?;18-,20?,21?,24-,38?/m111/s1. The van der Waals surface area contributed by atoms with Crippen LogP contribution in [-0.2, 0) is 114 Å². The lowest BCUT2D eigenvalue weighted by atomic mass is 10.1. The summed E-state index contributed by atoms with van der Waals surface area (Å²) in [5.74, 6) is 0.506. The summed E-state index contributed by atoms with van der Waals surface area (Å²) in [7, 11) is -3.64. The maximum Gasteiger partial charge on any atom is 0.381 e. The Kier molecular flexibility index (Phi) is 28.1. The van der Waals surface area contributed by atoms with Crippen molar-refractivity contribution in [2.45, 2.75) is 145 Å². The van der Waals surface area contributed by atoms with Gasteiger partial charge >= 0.3 is 31.5 Å². The van der Waals surface area contributed by atoms with Gasteiger partial charge in [0.15, 0.2) is 57.0 Å². The molecule has 0 aliphatic carbocycles. The van der Waals surface area contributed by atoms with Crippen LogP contribution in [-0.4, -0.2) is 196 Å². The first-order chi connectivity index (χ1) is 62.1. The summed E-state index contributed by atoms with van der Waals surface area (Å²) in [6, 6.07) is 43.3. The molecule has 13 heterocycles. The molecule has 7 aliphatic heterocycles. The second-order valence-corrected chi connectivity index (χ2v) is 42.5. The molecule has 19 rings (SSSR count). The van der Waals surface area contributed by atoms with Gasteiger partial charge in [0.2, 0.25) is 29.5 Å². The fourth-order valence-corrected chi connectivity index (χ4v) is 23.1. The highest BCUT2D eigenvalue weighted by atomic mass is 35.5. The summed E-state index contributed by atoms with van der Waals surface area (Å²) in [4.78, 5) is 72.4. The second-order valence-electron chi connectivity index (χ2n) is 30.5. The minimum atomic E-state index is -3.64. The van der Waals surface area contributed by atoms with E-state index in [1.807, 2.05) is 45.0 Å². The van der Waals surface area contributed by atoms with Crippen LogP contribution in [0.5, 0.6) is 34.9 Å². The molecule has 680 valence electrons. The van der Waals surface area contributed by atoms with Gasteiger partial charge in [-0.25, -0.2) is 33.0 Å². The van der Waals surface area contributed by atoms with Crippen LogP contribution in [0.25, 0.3) is 33.5 Å². The molecule has 16 atom stereocenters. The van der Waals surface area contributed by atoms with E-state index in [4.69, 9.17) is 149 Å². The van der Waals surface area contributed by atoms with Gasteiger partial charge in [-0.15, -0.1) is 0 Å². The van der Waals surface area contributed by atoms with Crippen LogP contribution in [0.1, 0.15) is 72.7 Å². The third-order valence-corrected chi connectivity index (χ3v) is 30.4. The van der Waals surface area contributed by atoms with Gasteiger partial charge in [-0.2, -0.15) is 19.9 Å². The first kappa shape index (κ1) is 92.0. The molecule has 1 amide bonds. The van der Waals surface area contributed by atoms with Gasteiger partial charge in [0.1, 0.15) is 90.1 Å². The molecule has 6 aromatic carbocycles. The molecule has 37 nitrogen and oxygen atoms in total. The van der Waals surface area contributed by atoms with E-state index in [0.717, 1.165) is 29.5 Å². The number of aliphatic hydroxyl groups excluding tert-OH is 2. The number of carbonyl (C=O) groups is 1. The Labute approximate surface area is 766 Å². The molecule has 0 bridgehead atoms. The number of aliphatic hydroxyl groups is 2. The Balaban J connectivity index is 0.000000137. The highest BCUT2D eigenvalue weighted by Crippen LogP contribution is 2.61. The fraction of sp³-hybridized carbons (Fsp3) is 0.366. The fourth-order valence-electron chi connectivity index (χ4n) is 14.8. The highest BCUT2D eigenvalue weighted by molar-refractivity contribution is 8.08. The lowest BCUT2D eigenvalue weighted by Crippen LogP contribution is -2.43. The number of rotatable bonds is 25. The van der Waals surface area contributed by atoms with Gasteiger partial charge < -0.3 is 61.7 Å². The first-order valence-corrected chi connectivity index (χ1v) is 51.0. The zero-order valence-electron chi connectivity index (χ0n) is 68.7. The number of H-pyrrole nitrogens is 2. The molecule has 7 aliphatic rings. The average Bonchev–Trinajstić information content (AvgIpc) is 1.61. The van der Waals surface area contributed by atoms with E-state index in [2.05, 4.69) is 74.4 Å². The van der Waals surface area contributed by atoms with Crippen LogP contribution >= 0.6 is 55.0 Å². The summed E-state index contributed by atoms with van der Waals surface area (Å²) < 4.78 is 132. The van der Waals surface area contributed by atoms with E-state index in [1.165, 1.54) is 52.0 Å². The Morgan fingerprint density at radius 3 is 1.41 bits per heavy atom. The van der Waals surface area contributed by atoms with Crippen LogP contribution in [0.15, 0.2) is 179 Å². The van der Waals surface area contributed by atoms with Gasteiger partial charge in [-0.3, -0.25) is 60.9 Å². The number of hydrogen-bond acceptors (Lipinski definition) is 34. The van der Waals surface area contributed by atoms with Crippen molar-refractivity contribution >= 4 is 146 Å². The Morgan fingerprint density at radius 2 is 0.953 bits per heavy atom. The summed E-state index contributed by atoms with van der Waals surface area (Å²) in [6.07, 6.45) is -2.50. The maximum atomic E-state index is 12.7. The third kappa shape index (κ3) is 21.1. The number of nitrogens with one attached hydrogen (secondary N) is 3. The normalized spacial score (nSPS) is 26.4. The lowest BCUT2D eigenvalue weighted by molar-refractivity contribution is -0.213. The van der Waals surface area contributed by atoms with Gasteiger partial charge in [-0.05, 0) is 99.7 Å². The van der Waals surface area contributed by atoms with Crippen molar-refractivity contribution in [2.24, 2.45) is 0 Å². The number of aromatic nitrogens is 12. The van der Waals surface area contributed by atoms with Crippen molar-refractivity contribution in [1.29, 1.82) is 0 Å². The second kappa shape index (κ2) is 39.5. The smallest absolute Gasteiger partial charge is 0.381 e. The number of ether oxygens (including phenoxy) is 8. The quantitative estimate of drug-likeness (QED) is 0.0332. The molecule has 12 aromatic rings. The van der Waals surface area contributed by atoms with Crippen LogP contribution in [0.2, 0.25) is 15.1 Å². The van der Waals surface area contributed by atoms with E-state index in [0.29, 0.717) is 82.3 Å². The summed E-state index contributed by atoms with van der Waals surface area (Å²) in [5.41, 5.74) is 5.76. The number of aromatic amines is 2. The molecular weight excluding hydrogens is 1880 g/mol. The number of para-hydroxylation sites is 3. The predicted molar refractivity (Wildman–Crippen MR) is 479 cm³/mol. The molecule has 129 heavy (non-hydrogen) atoms. The summed E-state index contributed by atoms with van der Waals surface area (Å²) in [5, 5.41) is 26.1. The van der Waals surface area contributed by atoms with Crippen LogP contribution in [0, 0.1) is 20.8 Å². The molecule has 5 N–H and O–H groups in total. The van der Waals surface area contributed by atoms with Crippen molar-refractivity contribution in [3.05, 3.63) is 228 Å². The number of sulfone groups is 1. The number of benzene rings is 6.